The fourth-order valence-corrected chi connectivity index (χ4v) is 4.01. The number of nitrogens with one attached hydrogen (secondary N) is 3. The minimum atomic E-state index is -0.0403. The molecule has 0 aliphatic carbocycles. The maximum atomic E-state index is 6.52. The number of aromatic nitrogens is 4. The lowest BCUT2D eigenvalue weighted by molar-refractivity contribution is 0.0278. The van der Waals surface area contributed by atoms with Crippen LogP contribution in [0.1, 0.15) is 17.2 Å². The summed E-state index contributed by atoms with van der Waals surface area (Å²) in [6.45, 7) is 4.30. The Kier molecular flexibility index (Phi) is 5.81. The molecule has 32 heavy (non-hydrogen) atoms. The van der Waals surface area contributed by atoms with Crippen molar-refractivity contribution in [3.05, 3.63) is 71.0 Å². The van der Waals surface area contributed by atoms with E-state index in [2.05, 4.69) is 36.1 Å². The van der Waals surface area contributed by atoms with E-state index in [1.165, 1.54) is 0 Å². The molecular weight excluding hydrogens is 426 g/mol. The maximum absolute atomic E-state index is 6.52. The predicted molar refractivity (Wildman–Crippen MR) is 126 cm³/mol. The Morgan fingerprint density at radius 2 is 2.09 bits per heavy atom. The van der Waals surface area contributed by atoms with Crippen molar-refractivity contribution in [2.45, 2.75) is 13.0 Å². The van der Waals surface area contributed by atoms with Crippen molar-refractivity contribution in [1.82, 2.24) is 25.5 Å². The van der Waals surface area contributed by atoms with Crippen LogP contribution < -0.4 is 16.0 Å². The number of halogens is 1. The van der Waals surface area contributed by atoms with Crippen LogP contribution in [0.4, 0.5) is 23.1 Å². The molecule has 1 unspecified atom stereocenters. The van der Waals surface area contributed by atoms with Gasteiger partial charge in [-0.25, -0.2) is 4.98 Å². The van der Waals surface area contributed by atoms with Gasteiger partial charge in [0, 0.05) is 40.9 Å². The molecule has 5 rings (SSSR count). The van der Waals surface area contributed by atoms with Crippen molar-refractivity contribution in [2.75, 3.05) is 30.3 Å². The van der Waals surface area contributed by atoms with Crippen LogP contribution >= 0.6 is 11.6 Å². The van der Waals surface area contributed by atoms with E-state index in [4.69, 9.17) is 16.3 Å². The van der Waals surface area contributed by atoms with Gasteiger partial charge in [0.1, 0.15) is 5.82 Å². The Morgan fingerprint density at radius 1 is 1.16 bits per heavy atom. The van der Waals surface area contributed by atoms with Gasteiger partial charge in [-0.2, -0.15) is 15.2 Å². The van der Waals surface area contributed by atoms with E-state index in [9.17, 15) is 0 Å². The van der Waals surface area contributed by atoms with Crippen molar-refractivity contribution in [1.29, 1.82) is 0 Å². The normalized spacial score (nSPS) is 16.1. The van der Waals surface area contributed by atoms with Gasteiger partial charge >= 0.3 is 0 Å². The van der Waals surface area contributed by atoms with Crippen LogP contribution in [0.2, 0.25) is 5.02 Å². The summed E-state index contributed by atoms with van der Waals surface area (Å²) >= 11 is 6.52. The van der Waals surface area contributed by atoms with Crippen molar-refractivity contribution in [2.24, 2.45) is 0 Å². The zero-order chi connectivity index (χ0) is 21.9. The van der Waals surface area contributed by atoms with Gasteiger partial charge in [0.15, 0.2) is 0 Å². The maximum Gasteiger partial charge on any atom is 0.229 e. The molecular formula is C23H22ClN7O. The number of benzene rings is 2. The third-order valence-corrected chi connectivity index (χ3v) is 5.65. The summed E-state index contributed by atoms with van der Waals surface area (Å²) in [5.74, 6) is 1.10. The highest BCUT2D eigenvalue weighted by Crippen LogP contribution is 2.30. The lowest BCUT2D eigenvalue weighted by atomic mass is 10.1. The first-order valence-corrected chi connectivity index (χ1v) is 10.7. The third kappa shape index (κ3) is 4.34. The topological polar surface area (TPSA) is 96.9 Å². The molecule has 3 heterocycles. The van der Waals surface area contributed by atoms with Crippen molar-refractivity contribution in [3.63, 3.8) is 0 Å². The van der Waals surface area contributed by atoms with Crippen LogP contribution in [0.15, 0.2) is 54.9 Å². The van der Waals surface area contributed by atoms with E-state index < -0.39 is 0 Å². The summed E-state index contributed by atoms with van der Waals surface area (Å²) in [6, 6.07) is 13.6. The molecule has 3 N–H and O–H groups in total. The van der Waals surface area contributed by atoms with E-state index in [1.807, 2.05) is 43.3 Å². The molecule has 1 fully saturated rings. The second kappa shape index (κ2) is 9.04. The van der Waals surface area contributed by atoms with E-state index in [0.717, 1.165) is 46.5 Å². The summed E-state index contributed by atoms with van der Waals surface area (Å²) in [4.78, 5) is 8.90. The quantitative estimate of drug-likeness (QED) is 0.410. The van der Waals surface area contributed by atoms with Gasteiger partial charge in [-0.15, -0.1) is 0 Å². The fraction of sp³-hybridized carbons (Fsp3) is 0.217. The number of hydrogen-bond donors (Lipinski definition) is 3. The molecule has 0 radical (unpaired) electrons. The molecule has 1 saturated heterocycles. The van der Waals surface area contributed by atoms with Gasteiger partial charge in [-0.05, 0) is 30.7 Å². The molecule has 8 nitrogen and oxygen atoms in total. The van der Waals surface area contributed by atoms with E-state index in [1.54, 1.807) is 18.5 Å². The number of morpholine rings is 1. The average molecular weight is 448 g/mol. The van der Waals surface area contributed by atoms with Crippen molar-refractivity contribution < 1.29 is 4.74 Å². The van der Waals surface area contributed by atoms with E-state index in [-0.39, 0.29) is 6.10 Å². The number of anilines is 4. The average Bonchev–Trinajstić information content (AvgIpc) is 2.81. The summed E-state index contributed by atoms with van der Waals surface area (Å²) in [7, 11) is 0. The van der Waals surface area contributed by atoms with Gasteiger partial charge in [0.05, 0.1) is 30.1 Å². The van der Waals surface area contributed by atoms with Gasteiger partial charge < -0.3 is 20.7 Å². The number of ether oxygens (including phenoxy) is 1. The van der Waals surface area contributed by atoms with Crippen LogP contribution in [0.25, 0.3) is 10.9 Å². The van der Waals surface area contributed by atoms with Gasteiger partial charge in [-0.1, -0.05) is 35.9 Å². The number of hydrogen-bond acceptors (Lipinski definition) is 8. The minimum absolute atomic E-state index is 0.0403. The summed E-state index contributed by atoms with van der Waals surface area (Å²) in [5.41, 5.74) is 4.52. The highest BCUT2D eigenvalue weighted by Gasteiger charge is 2.18. The lowest BCUT2D eigenvalue weighted by Gasteiger charge is -2.25. The first kappa shape index (κ1) is 20.6. The summed E-state index contributed by atoms with van der Waals surface area (Å²) < 4.78 is 5.80. The molecule has 2 aromatic heterocycles. The Bertz CT molecular complexity index is 1260. The summed E-state index contributed by atoms with van der Waals surface area (Å²) in [5, 5.41) is 19.8. The lowest BCUT2D eigenvalue weighted by Crippen LogP contribution is -2.33. The van der Waals surface area contributed by atoms with Crippen LogP contribution in [-0.4, -0.2) is 39.9 Å². The highest BCUT2D eigenvalue weighted by molar-refractivity contribution is 6.31. The Morgan fingerprint density at radius 3 is 2.94 bits per heavy atom. The first-order valence-electron chi connectivity index (χ1n) is 10.4. The van der Waals surface area contributed by atoms with Crippen LogP contribution in [0, 0.1) is 6.92 Å². The number of aryl methyl sites for hydroxylation is 1. The van der Waals surface area contributed by atoms with Crippen LogP contribution in [0.3, 0.4) is 0 Å². The van der Waals surface area contributed by atoms with Crippen molar-refractivity contribution in [3.8, 4) is 0 Å². The zero-order valence-electron chi connectivity index (χ0n) is 17.5. The molecule has 0 amide bonds. The van der Waals surface area contributed by atoms with Crippen LogP contribution in [-0.2, 0) is 4.74 Å². The molecule has 1 aliphatic rings. The molecule has 0 spiro atoms. The molecule has 9 heteroatoms. The number of rotatable bonds is 5. The highest BCUT2D eigenvalue weighted by atomic mass is 35.5. The molecule has 162 valence electrons. The molecule has 4 aromatic rings. The summed E-state index contributed by atoms with van der Waals surface area (Å²) in [6.07, 6.45) is 3.34. The minimum Gasteiger partial charge on any atom is -0.371 e. The molecule has 2 aromatic carbocycles. The Hall–Kier alpha value is -3.33. The number of nitrogens with zero attached hydrogens (tertiary/aromatic N) is 4. The van der Waals surface area contributed by atoms with E-state index >= 15 is 0 Å². The first-order chi connectivity index (χ1) is 15.7. The van der Waals surface area contributed by atoms with Gasteiger partial charge in [0.2, 0.25) is 5.95 Å². The third-order valence-electron chi connectivity index (χ3n) is 5.32. The zero-order valence-corrected chi connectivity index (χ0v) is 18.2. The number of fused-ring (bicyclic) bond motifs is 1. The molecule has 1 aliphatic heterocycles. The van der Waals surface area contributed by atoms with Crippen LogP contribution in [0.5, 0.6) is 0 Å². The molecule has 1 atom stereocenters. The SMILES string of the molecule is Cc1cccc2c(Nc3ccnc(Nc4ccc(C5CNCCO5)c(Cl)c4)n3)cnnc12. The Balaban J connectivity index is 1.35. The van der Waals surface area contributed by atoms with Crippen molar-refractivity contribution >= 4 is 45.6 Å². The largest absolute Gasteiger partial charge is 0.371 e. The standard InChI is InChI=1S/C23H22ClN7O/c1-14-3-2-4-17-19(12-27-31-22(14)17)29-21-7-8-26-23(30-21)28-15-5-6-16(18(24)11-15)20-13-25-9-10-32-20/h2-8,11-12,20,25H,9-10,13H2,1H3,(H2,26,28,29,30,31). The monoisotopic (exact) mass is 447 g/mol. The molecule has 0 bridgehead atoms. The second-order valence-corrected chi connectivity index (χ2v) is 7.95. The van der Waals surface area contributed by atoms with E-state index in [0.29, 0.717) is 23.4 Å². The van der Waals surface area contributed by atoms with Gasteiger partial charge in [0.25, 0.3) is 0 Å². The second-order valence-electron chi connectivity index (χ2n) is 7.54. The molecule has 0 saturated carbocycles. The van der Waals surface area contributed by atoms with Gasteiger partial charge in [-0.3, -0.25) is 0 Å². The predicted octanol–water partition coefficient (Wildman–Crippen LogP) is 4.53. The Labute approximate surface area is 190 Å². The fourth-order valence-electron chi connectivity index (χ4n) is 3.71. The smallest absolute Gasteiger partial charge is 0.229 e.